The molecule has 0 aliphatic carbocycles. The molecule has 0 unspecified atom stereocenters. The van der Waals surface area contributed by atoms with Gasteiger partial charge in [-0.2, -0.15) is 13.8 Å². The third kappa shape index (κ3) is 21.7. The predicted molar refractivity (Wildman–Crippen MR) is 28.6 cm³/mol. The van der Waals surface area contributed by atoms with Gasteiger partial charge in [-0.25, -0.2) is 0 Å². The second kappa shape index (κ2) is 6.37. The van der Waals surface area contributed by atoms with Crippen molar-refractivity contribution in [3.63, 3.8) is 0 Å². The van der Waals surface area contributed by atoms with Crippen molar-refractivity contribution < 1.29 is 51.4 Å². The summed E-state index contributed by atoms with van der Waals surface area (Å²) in [7, 11) is 0. The van der Waals surface area contributed by atoms with Gasteiger partial charge in [-0.05, 0) is 0 Å². The minimum absolute atomic E-state index is 0. The summed E-state index contributed by atoms with van der Waals surface area (Å²) in [6, 6.07) is 0. The van der Waals surface area contributed by atoms with E-state index in [1.165, 1.54) is 3.92 Å². The van der Waals surface area contributed by atoms with E-state index in [1.807, 2.05) is 0 Å². The molecule has 26 valence electrons. The van der Waals surface area contributed by atoms with Gasteiger partial charge in [-0.3, -0.25) is 3.92 Å². The van der Waals surface area contributed by atoms with Crippen LogP contribution in [-0.2, 0) is 0 Å². The van der Waals surface area contributed by atoms with Gasteiger partial charge >= 0.3 is 51.4 Å². The average molecular weight is 208 g/mol. The molecule has 0 fully saturated rings. The van der Waals surface area contributed by atoms with E-state index >= 15 is 0 Å². The van der Waals surface area contributed by atoms with Gasteiger partial charge in [0, 0.05) is 0 Å². The molecule has 0 heterocycles. The molecule has 0 aliphatic rings. The van der Waals surface area contributed by atoms with Crippen LogP contribution in [0.1, 0.15) is 13.8 Å². The zero-order chi connectivity index (χ0) is 3.58. The molecular formula is C3H6IK. The molecule has 0 atom stereocenters. The van der Waals surface area contributed by atoms with Crippen LogP contribution in [0.5, 0.6) is 0 Å². The van der Waals surface area contributed by atoms with Gasteiger partial charge in [-0.1, -0.05) is 0 Å². The van der Waals surface area contributed by atoms with E-state index in [1.54, 1.807) is 0 Å². The Morgan fingerprint density at radius 2 is 1.40 bits per heavy atom. The van der Waals surface area contributed by atoms with E-state index in [0.717, 1.165) is 0 Å². The third-order valence-electron chi connectivity index (χ3n) is 0. The number of hydrogen-bond donors (Lipinski definition) is 0. The monoisotopic (exact) mass is 208 g/mol. The molecule has 0 saturated carbocycles. The van der Waals surface area contributed by atoms with Crippen molar-refractivity contribution in [2.45, 2.75) is 13.8 Å². The van der Waals surface area contributed by atoms with Gasteiger partial charge in [0.2, 0.25) is 0 Å². The van der Waals surface area contributed by atoms with Crippen molar-refractivity contribution in [1.82, 2.24) is 0 Å². The molecule has 0 aromatic rings. The molecule has 0 radical (unpaired) electrons. The summed E-state index contributed by atoms with van der Waals surface area (Å²) in [5, 5.41) is 0. The van der Waals surface area contributed by atoms with Crippen LogP contribution in [0, 0.1) is 3.92 Å². The van der Waals surface area contributed by atoms with Crippen molar-refractivity contribution in [1.29, 1.82) is 0 Å². The largest absolute Gasteiger partial charge is 1.00 e. The van der Waals surface area contributed by atoms with Gasteiger partial charge < -0.3 is 22.6 Å². The van der Waals surface area contributed by atoms with Crippen LogP contribution in [-0.4, -0.2) is 0 Å². The quantitative estimate of drug-likeness (QED) is 0.272. The molecule has 0 bridgehead atoms. The summed E-state index contributed by atoms with van der Waals surface area (Å²) in [6.07, 6.45) is 0. The molecule has 0 aromatic heterocycles. The summed E-state index contributed by atoms with van der Waals surface area (Å²) in [4.78, 5) is 0. The standard InChI is InChI=1S/C3H6I.K/c1-3(2)4;/h1-2H3;/q-1;+1. The van der Waals surface area contributed by atoms with Crippen molar-refractivity contribution in [2.24, 2.45) is 0 Å². The Hall–Kier alpha value is 2.37. The Bertz CT molecular complexity index is 11.6. The van der Waals surface area contributed by atoms with E-state index in [9.17, 15) is 0 Å². The van der Waals surface area contributed by atoms with E-state index in [-0.39, 0.29) is 51.4 Å². The first-order valence-electron chi connectivity index (χ1n) is 1.19. The molecule has 2 heteroatoms. The van der Waals surface area contributed by atoms with Crippen molar-refractivity contribution in [2.75, 3.05) is 0 Å². The number of rotatable bonds is 0. The number of hydrogen-bond acceptors (Lipinski definition) is 0. The van der Waals surface area contributed by atoms with Gasteiger partial charge in [-0.15, -0.1) is 0 Å². The van der Waals surface area contributed by atoms with Crippen LogP contribution in [0.25, 0.3) is 0 Å². The smallest absolute Gasteiger partial charge is 0.313 e. The second-order valence-electron chi connectivity index (χ2n) is 0.878. The molecule has 0 spiro atoms. The Balaban J connectivity index is 0. The van der Waals surface area contributed by atoms with Crippen molar-refractivity contribution in [3.8, 4) is 0 Å². The first kappa shape index (κ1) is 10.4. The van der Waals surface area contributed by atoms with Crippen molar-refractivity contribution in [3.05, 3.63) is 3.92 Å². The molecular weight excluding hydrogens is 202 g/mol. The van der Waals surface area contributed by atoms with Gasteiger partial charge in [0.1, 0.15) is 0 Å². The fourth-order valence-electron chi connectivity index (χ4n) is 0. The molecule has 0 saturated heterocycles. The fraction of sp³-hybridized carbons (Fsp3) is 0.667. The maximum Gasteiger partial charge on any atom is 1.00 e. The molecule has 5 heavy (non-hydrogen) atoms. The molecule has 0 amide bonds. The summed E-state index contributed by atoms with van der Waals surface area (Å²) in [6.45, 7) is 4.14. The zero-order valence-electron chi connectivity index (χ0n) is 3.88. The Kier molecular flexibility index (Phi) is 13.2. The van der Waals surface area contributed by atoms with Crippen LogP contribution in [0.3, 0.4) is 0 Å². The van der Waals surface area contributed by atoms with Gasteiger partial charge in [0.05, 0.1) is 0 Å². The van der Waals surface area contributed by atoms with E-state index < -0.39 is 0 Å². The minimum Gasteiger partial charge on any atom is -0.313 e. The molecule has 0 N–H and O–H groups in total. The fourth-order valence-corrected chi connectivity index (χ4v) is 0. The van der Waals surface area contributed by atoms with Crippen LogP contribution in [0.15, 0.2) is 0 Å². The van der Waals surface area contributed by atoms with Crippen LogP contribution < -0.4 is 51.4 Å². The summed E-state index contributed by atoms with van der Waals surface area (Å²) in [5.74, 6) is 0. The van der Waals surface area contributed by atoms with Crippen LogP contribution in [0.2, 0.25) is 0 Å². The summed E-state index contributed by atoms with van der Waals surface area (Å²) in [5.41, 5.74) is 0. The third-order valence-corrected chi connectivity index (χ3v) is 0. The summed E-state index contributed by atoms with van der Waals surface area (Å²) < 4.78 is 1.39. The SMILES string of the molecule is C[C-](C)I.[K+]. The Labute approximate surface area is 89.7 Å². The van der Waals surface area contributed by atoms with Crippen molar-refractivity contribution >= 4 is 22.6 Å². The first-order chi connectivity index (χ1) is 1.73. The molecule has 0 rings (SSSR count). The predicted octanol–water partition coefficient (Wildman–Crippen LogP) is -1.00. The van der Waals surface area contributed by atoms with E-state index in [4.69, 9.17) is 0 Å². The Morgan fingerprint density at radius 1 is 1.40 bits per heavy atom. The van der Waals surface area contributed by atoms with Gasteiger partial charge in [0.25, 0.3) is 0 Å². The summed E-state index contributed by atoms with van der Waals surface area (Å²) >= 11 is 2.26. The molecule has 0 aromatic carbocycles. The van der Waals surface area contributed by atoms with E-state index in [0.29, 0.717) is 0 Å². The van der Waals surface area contributed by atoms with Crippen LogP contribution in [0.4, 0.5) is 0 Å². The normalized spacial score (nSPS) is 7.20. The van der Waals surface area contributed by atoms with Crippen LogP contribution >= 0.6 is 22.6 Å². The average Bonchev–Trinajstić information content (AvgIpc) is 0.811. The number of halogens is 1. The van der Waals surface area contributed by atoms with Gasteiger partial charge in [0.15, 0.2) is 0 Å². The zero-order valence-corrected chi connectivity index (χ0v) is 9.16. The topological polar surface area (TPSA) is 0 Å². The second-order valence-corrected chi connectivity index (χ2v) is 3.04. The van der Waals surface area contributed by atoms with E-state index in [2.05, 4.69) is 36.4 Å². The maximum atomic E-state index is 2.26. The minimum atomic E-state index is 0. The maximum absolute atomic E-state index is 2.26. The first-order valence-corrected chi connectivity index (χ1v) is 2.27. The molecule has 0 nitrogen and oxygen atoms in total. The Morgan fingerprint density at radius 3 is 1.40 bits per heavy atom. The molecule has 0 aliphatic heterocycles.